The summed E-state index contributed by atoms with van der Waals surface area (Å²) >= 11 is 0. The smallest absolute Gasteiger partial charge is 0.326 e. The van der Waals surface area contributed by atoms with E-state index in [0.29, 0.717) is 25.7 Å². The number of hydrogen-bond donors (Lipinski definition) is 6. The van der Waals surface area contributed by atoms with Crippen LogP contribution in [0.4, 0.5) is 0 Å². The number of rotatable bonds is 29. The maximum Gasteiger partial charge on any atom is 0.326 e. The Labute approximate surface area is 299 Å². The summed E-state index contributed by atoms with van der Waals surface area (Å²) < 4.78 is 0. The van der Waals surface area contributed by atoms with Crippen molar-refractivity contribution in [3.05, 3.63) is 0 Å². The summed E-state index contributed by atoms with van der Waals surface area (Å²) in [4.78, 5) is 89.9. The Kier molecular flexibility index (Phi) is 24.5. The Morgan fingerprint density at radius 3 is 1.48 bits per heavy atom. The molecule has 0 bridgehead atoms. The molecule has 0 aromatic heterocycles. The lowest BCUT2D eigenvalue weighted by atomic mass is 9.95. The van der Waals surface area contributed by atoms with Gasteiger partial charge in [-0.3, -0.25) is 28.8 Å². The van der Waals surface area contributed by atoms with Gasteiger partial charge < -0.3 is 31.5 Å². The van der Waals surface area contributed by atoms with Crippen molar-refractivity contribution in [1.29, 1.82) is 0 Å². The average molecular weight is 711 g/mol. The number of carboxylic acids is 2. The van der Waals surface area contributed by atoms with Gasteiger partial charge in [0.05, 0.1) is 6.42 Å². The fourth-order valence-corrected chi connectivity index (χ4v) is 5.69. The van der Waals surface area contributed by atoms with Crippen LogP contribution in [0.2, 0.25) is 0 Å². The Morgan fingerprint density at radius 1 is 0.540 bits per heavy atom. The summed E-state index contributed by atoms with van der Waals surface area (Å²) in [7, 11) is 0. The minimum Gasteiger partial charge on any atom is -0.481 e. The first kappa shape index (κ1) is 46.5. The van der Waals surface area contributed by atoms with Crippen molar-refractivity contribution in [3.8, 4) is 0 Å². The van der Waals surface area contributed by atoms with Crippen molar-refractivity contribution >= 4 is 41.4 Å². The van der Waals surface area contributed by atoms with Gasteiger partial charge in [-0.2, -0.15) is 0 Å². The molecule has 6 N–H and O–H groups in total. The molecule has 0 radical (unpaired) electrons. The van der Waals surface area contributed by atoms with Crippen molar-refractivity contribution < 1.29 is 43.8 Å². The molecule has 5 atom stereocenters. The van der Waals surface area contributed by atoms with Gasteiger partial charge in [-0.05, 0) is 37.5 Å². The molecule has 0 heterocycles. The van der Waals surface area contributed by atoms with Gasteiger partial charge >= 0.3 is 11.9 Å². The van der Waals surface area contributed by atoms with E-state index < -0.39 is 66.7 Å². The Balaban J connectivity index is 6.03. The lowest BCUT2D eigenvalue weighted by Crippen LogP contribution is -2.59. The van der Waals surface area contributed by atoms with Crippen molar-refractivity contribution in [3.63, 3.8) is 0 Å². The van der Waals surface area contributed by atoms with Crippen LogP contribution in [0.15, 0.2) is 0 Å². The van der Waals surface area contributed by atoms with E-state index in [1.807, 2.05) is 20.8 Å². The first-order valence-corrected chi connectivity index (χ1v) is 18.8. The topological polar surface area (TPSA) is 208 Å². The van der Waals surface area contributed by atoms with Crippen molar-refractivity contribution in [1.82, 2.24) is 21.3 Å². The molecule has 0 saturated heterocycles. The molecule has 13 nitrogen and oxygen atoms in total. The predicted octanol–water partition coefficient (Wildman–Crippen LogP) is 4.89. The highest BCUT2D eigenvalue weighted by molar-refractivity contribution is 5.98. The van der Waals surface area contributed by atoms with E-state index in [-0.39, 0.29) is 42.3 Å². The van der Waals surface area contributed by atoms with Crippen LogP contribution in [-0.4, -0.2) is 75.7 Å². The summed E-state index contributed by atoms with van der Waals surface area (Å²) in [5, 5.41) is 29.1. The molecule has 0 spiro atoms. The highest BCUT2D eigenvalue weighted by Crippen LogP contribution is 2.15. The molecule has 288 valence electrons. The SMILES string of the molecule is CCCCCCCCCCCC(=O)CC(NC(=O)[C@@H](NC(=O)C(CC)CC)[C@@H](C)CC)C(=O)N[C@@H](CC(=O)O)C(=O)N[C@@H](CC(C)C)C(=O)O. The zero-order valence-electron chi connectivity index (χ0n) is 31.6. The molecule has 13 heteroatoms. The molecule has 0 rings (SSSR count). The number of nitrogens with one attached hydrogen (secondary N) is 4. The van der Waals surface area contributed by atoms with Crippen LogP contribution < -0.4 is 21.3 Å². The number of carboxylic acid groups (broad SMARTS) is 2. The van der Waals surface area contributed by atoms with Crippen LogP contribution in [0.1, 0.15) is 151 Å². The van der Waals surface area contributed by atoms with Crippen LogP contribution in [0.5, 0.6) is 0 Å². The largest absolute Gasteiger partial charge is 0.481 e. The molecule has 0 fully saturated rings. The first-order chi connectivity index (χ1) is 23.6. The monoisotopic (exact) mass is 710 g/mol. The van der Waals surface area contributed by atoms with Gasteiger partial charge in [0, 0.05) is 18.8 Å². The Bertz CT molecular complexity index is 1080. The van der Waals surface area contributed by atoms with Crippen LogP contribution in [-0.2, 0) is 33.6 Å². The lowest BCUT2D eigenvalue weighted by Gasteiger charge is -2.28. The molecule has 4 amide bonds. The van der Waals surface area contributed by atoms with Gasteiger partial charge in [-0.15, -0.1) is 0 Å². The maximum atomic E-state index is 13.7. The highest BCUT2D eigenvalue weighted by Gasteiger charge is 2.35. The van der Waals surface area contributed by atoms with Crippen molar-refractivity contribution in [2.75, 3.05) is 0 Å². The molecule has 0 aromatic rings. The second kappa shape index (κ2) is 26.3. The summed E-state index contributed by atoms with van der Waals surface area (Å²) in [6, 6.07) is -5.48. The van der Waals surface area contributed by atoms with Gasteiger partial charge in [0.1, 0.15) is 30.0 Å². The molecule has 1 unspecified atom stereocenters. The molecular formula is C37H66N4O9. The minimum absolute atomic E-state index is 0.0699. The number of aliphatic carboxylic acids is 2. The summed E-state index contributed by atoms with van der Waals surface area (Å²) in [6.45, 7) is 13.1. The molecule has 0 aliphatic rings. The highest BCUT2D eigenvalue weighted by atomic mass is 16.4. The number of ketones is 1. The molecule has 0 aromatic carbocycles. The van der Waals surface area contributed by atoms with Gasteiger partial charge in [-0.25, -0.2) is 4.79 Å². The third-order valence-electron chi connectivity index (χ3n) is 9.11. The van der Waals surface area contributed by atoms with Gasteiger partial charge in [0.25, 0.3) is 0 Å². The first-order valence-electron chi connectivity index (χ1n) is 18.8. The van der Waals surface area contributed by atoms with E-state index in [1.54, 1.807) is 20.8 Å². The third kappa shape index (κ3) is 19.6. The second-order valence-corrected chi connectivity index (χ2v) is 14.0. The standard InChI is InChI=1S/C37H66N4O9/c1-8-12-13-14-15-16-17-18-19-20-27(42)22-28(39-36(48)32(25(7)9-2)41-33(45)26(10-3)11-4)34(46)38-29(23-31(43)44)35(47)40-30(37(49)50)21-24(5)6/h24-26,28-30,32H,8-23H2,1-7H3,(H,38,46)(H,39,48)(H,40,47)(H,41,45)(H,43,44)(H,49,50)/t25-,28?,29-,30-,32-/m0/s1. The van der Waals surface area contributed by atoms with E-state index in [1.165, 1.54) is 25.7 Å². The normalized spacial score (nSPS) is 14.3. The lowest BCUT2D eigenvalue weighted by molar-refractivity contribution is -0.144. The molecule has 0 aliphatic heterocycles. The van der Waals surface area contributed by atoms with Crippen LogP contribution >= 0.6 is 0 Å². The number of carbonyl (C=O) groups excluding carboxylic acids is 5. The maximum absolute atomic E-state index is 13.7. The Hall–Kier alpha value is -3.51. The molecular weight excluding hydrogens is 644 g/mol. The van der Waals surface area contributed by atoms with Gasteiger partial charge in [0.15, 0.2) is 0 Å². The zero-order chi connectivity index (χ0) is 38.2. The van der Waals surface area contributed by atoms with Crippen LogP contribution in [0.3, 0.4) is 0 Å². The number of unbranched alkanes of at least 4 members (excludes halogenated alkanes) is 8. The molecule has 50 heavy (non-hydrogen) atoms. The molecule has 0 aliphatic carbocycles. The summed E-state index contributed by atoms with van der Waals surface area (Å²) in [5.41, 5.74) is 0. The van der Waals surface area contributed by atoms with E-state index in [9.17, 15) is 43.8 Å². The van der Waals surface area contributed by atoms with Crippen LogP contribution in [0.25, 0.3) is 0 Å². The average Bonchev–Trinajstić information content (AvgIpc) is 3.05. The van der Waals surface area contributed by atoms with E-state index in [0.717, 1.165) is 25.7 Å². The number of carbonyl (C=O) groups is 7. The van der Waals surface area contributed by atoms with Gasteiger partial charge in [0.2, 0.25) is 23.6 Å². The van der Waals surface area contributed by atoms with Gasteiger partial charge in [-0.1, -0.05) is 106 Å². The van der Waals surface area contributed by atoms with E-state index in [2.05, 4.69) is 28.2 Å². The van der Waals surface area contributed by atoms with Crippen LogP contribution in [0, 0.1) is 17.8 Å². The van der Waals surface area contributed by atoms with Crippen molar-refractivity contribution in [2.24, 2.45) is 17.8 Å². The Morgan fingerprint density at radius 2 is 1.02 bits per heavy atom. The predicted molar refractivity (Wildman–Crippen MR) is 192 cm³/mol. The number of Topliss-reactive ketones (excluding diaryl/α,β-unsaturated/α-hetero) is 1. The second-order valence-electron chi connectivity index (χ2n) is 14.0. The molecule has 0 saturated carbocycles. The van der Waals surface area contributed by atoms with E-state index in [4.69, 9.17) is 0 Å². The fourth-order valence-electron chi connectivity index (χ4n) is 5.69. The zero-order valence-corrected chi connectivity index (χ0v) is 31.6. The van der Waals surface area contributed by atoms with Crippen molar-refractivity contribution in [2.45, 2.75) is 175 Å². The summed E-state index contributed by atoms with van der Waals surface area (Å²) in [5.74, 6) is -6.75. The number of amides is 4. The van der Waals surface area contributed by atoms with E-state index >= 15 is 0 Å². The fraction of sp³-hybridized carbons (Fsp3) is 0.811. The minimum atomic E-state index is -1.68. The number of hydrogen-bond acceptors (Lipinski definition) is 7. The summed E-state index contributed by atoms with van der Waals surface area (Å²) in [6.07, 6.45) is 10.1. The quantitative estimate of drug-likeness (QED) is 0.0583. The third-order valence-corrected chi connectivity index (χ3v) is 9.11.